The van der Waals surface area contributed by atoms with Crippen molar-refractivity contribution in [2.75, 3.05) is 6.54 Å². The Morgan fingerprint density at radius 1 is 1.85 bits per heavy atom. The molecule has 1 amide bonds. The summed E-state index contributed by atoms with van der Waals surface area (Å²) >= 11 is 0. The Balaban J connectivity index is 2.54. The number of amides is 1. The van der Waals surface area contributed by atoms with Gasteiger partial charge in [-0.1, -0.05) is 5.16 Å². The zero-order chi connectivity index (χ0) is 9.84. The summed E-state index contributed by atoms with van der Waals surface area (Å²) in [6.07, 6.45) is 1.50. The van der Waals surface area contributed by atoms with Gasteiger partial charge in [-0.15, -0.1) is 0 Å². The van der Waals surface area contributed by atoms with E-state index in [4.69, 9.17) is 10.3 Å². The van der Waals surface area contributed by atoms with E-state index in [1.807, 2.05) is 6.92 Å². The molecule has 1 aromatic rings. The topological polar surface area (TPSA) is 81.2 Å². The Morgan fingerprint density at radius 3 is 3.00 bits per heavy atom. The average molecular weight is 183 g/mol. The second-order valence-electron chi connectivity index (χ2n) is 3.03. The first-order valence-electron chi connectivity index (χ1n) is 4.06. The highest BCUT2D eigenvalue weighted by Crippen LogP contribution is 2.04. The monoisotopic (exact) mass is 183 g/mol. The van der Waals surface area contributed by atoms with E-state index in [2.05, 4.69) is 10.5 Å². The lowest BCUT2D eigenvalue weighted by atomic mass is 10.3. The van der Waals surface area contributed by atoms with Crippen LogP contribution in [0.2, 0.25) is 0 Å². The molecule has 0 bridgehead atoms. The number of nitrogens with zero attached hydrogens (tertiary/aromatic N) is 1. The predicted octanol–water partition coefficient (Wildman–Crippen LogP) is 0.0600. The Labute approximate surface area is 76.3 Å². The SMILES string of the molecule is Cc1cnoc1C(=O)NCC(C)N. The van der Waals surface area contributed by atoms with Gasteiger partial charge >= 0.3 is 0 Å². The van der Waals surface area contributed by atoms with Gasteiger partial charge in [-0.05, 0) is 13.8 Å². The predicted molar refractivity (Wildman–Crippen MR) is 47.2 cm³/mol. The largest absolute Gasteiger partial charge is 0.351 e. The van der Waals surface area contributed by atoms with Gasteiger partial charge in [0.2, 0.25) is 5.76 Å². The zero-order valence-corrected chi connectivity index (χ0v) is 7.70. The van der Waals surface area contributed by atoms with Gasteiger partial charge in [0.15, 0.2) is 0 Å². The van der Waals surface area contributed by atoms with Crippen LogP contribution in [0.3, 0.4) is 0 Å². The minimum absolute atomic E-state index is 0.0628. The number of hydrogen-bond acceptors (Lipinski definition) is 4. The fraction of sp³-hybridized carbons (Fsp3) is 0.500. The molecule has 0 saturated heterocycles. The molecule has 1 heterocycles. The molecule has 1 unspecified atom stereocenters. The fourth-order valence-electron chi connectivity index (χ4n) is 0.843. The molecule has 1 atom stereocenters. The number of carbonyl (C=O) groups is 1. The van der Waals surface area contributed by atoms with Gasteiger partial charge in [0.05, 0.1) is 6.20 Å². The van der Waals surface area contributed by atoms with Crippen molar-refractivity contribution in [1.29, 1.82) is 0 Å². The maximum absolute atomic E-state index is 11.3. The van der Waals surface area contributed by atoms with Crippen molar-refractivity contribution in [3.63, 3.8) is 0 Å². The zero-order valence-electron chi connectivity index (χ0n) is 7.70. The van der Waals surface area contributed by atoms with Crippen molar-refractivity contribution in [3.05, 3.63) is 17.5 Å². The van der Waals surface area contributed by atoms with E-state index >= 15 is 0 Å². The number of carbonyl (C=O) groups excluding carboxylic acids is 1. The molecular formula is C8H13N3O2. The van der Waals surface area contributed by atoms with Crippen LogP contribution in [-0.2, 0) is 0 Å². The average Bonchev–Trinajstić information content (AvgIpc) is 2.47. The smallest absolute Gasteiger partial charge is 0.290 e. The van der Waals surface area contributed by atoms with Crippen LogP contribution in [0.25, 0.3) is 0 Å². The normalized spacial score (nSPS) is 12.5. The Hall–Kier alpha value is -1.36. The Bertz CT molecular complexity index is 293. The molecule has 72 valence electrons. The van der Waals surface area contributed by atoms with Gasteiger partial charge in [0.25, 0.3) is 5.91 Å². The number of nitrogens with two attached hydrogens (primary N) is 1. The number of aromatic nitrogens is 1. The number of aryl methyl sites for hydroxylation is 1. The van der Waals surface area contributed by atoms with Crippen molar-refractivity contribution in [1.82, 2.24) is 10.5 Å². The maximum Gasteiger partial charge on any atom is 0.290 e. The lowest BCUT2D eigenvalue weighted by molar-refractivity contribution is 0.0914. The third-order valence-electron chi connectivity index (χ3n) is 1.54. The van der Waals surface area contributed by atoms with E-state index in [-0.39, 0.29) is 17.7 Å². The maximum atomic E-state index is 11.3. The highest BCUT2D eigenvalue weighted by molar-refractivity contribution is 5.92. The summed E-state index contributed by atoms with van der Waals surface area (Å²) in [5.74, 6) is -0.0204. The molecular weight excluding hydrogens is 170 g/mol. The van der Waals surface area contributed by atoms with E-state index in [1.54, 1.807) is 6.92 Å². The Kier molecular flexibility index (Phi) is 3.02. The molecule has 0 spiro atoms. The van der Waals surface area contributed by atoms with Crippen LogP contribution in [-0.4, -0.2) is 23.7 Å². The second kappa shape index (κ2) is 4.04. The lowest BCUT2D eigenvalue weighted by Gasteiger charge is -2.05. The van der Waals surface area contributed by atoms with E-state index in [0.29, 0.717) is 6.54 Å². The summed E-state index contributed by atoms with van der Waals surface area (Å²) in [5.41, 5.74) is 6.20. The first-order chi connectivity index (χ1) is 6.11. The van der Waals surface area contributed by atoms with Gasteiger partial charge in [-0.3, -0.25) is 4.79 Å². The molecule has 0 radical (unpaired) electrons. The second-order valence-corrected chi connectivity index (χ2v) is 3.03. The molecule has 3 N–H and O–H groups in total. The highest BCUT2D eigenvalue weighted by Gasteiger charge is 2.13. The standard InChI is InChI=1S/C8H13N3O2/c1-5-3-11-13-7(5)8(12)10-4-6(2)9/h3,6H,4,9H2,1-2H3,(H,10,12). The van der Waals surface area contributed by atoms with Crippen molar-refractivity contribution in [3.8, 4) is 0 Å². The van der Waals surface area contributed by atoms with Crippen molar-refractivity contribution in [2.45, 2.75) is 19.9 Å². The first-order valence-corrected chi connectivity index (χ1v) is 4.06. The number of hydrogen-bond donors (Lipinski definition) is 2. The first kappa shape index (κ1) is 9.73. The van der Waals surface area contributed by atoms with Gasteiger partial charge in [-0.25, -0.2) is 0 Å². The molecule has 0 aliphatic carbocycles. The molecule has 0 fully saturated rings. The van der Waals surface area contributed by atoms with Gasteiger partial charge in [0, 0.05) is 18.2 Å². The van der Waals surface area contributed by atoms with Crippen LogP contribution >= 0.6 is 0 Å². The molecule has 0 aromatic carbocycles. The van der Waals surface area contributed by atoms with Crippen molar-refractivity contribution < 1.29 is 9.32 Å². The van der Waals surface area contributed by atoms with Crippen molar-refractivity contribution in [2.24, 2.45) is 5.73 Å². The third-order valence-corrected chi connectivity index (χ3v) is 1.54. The fourth-order valence-corrected chi connectivity index (χ4v) is 0.843. The molecule has 5 nitrogen and oxygen atoms in total. The van der Waals surface area contributed by atoms with Gasteiger partial charge in [-0.2, -0.15) is 0 Å². The van der Waals surface area contributed by atoms with Crippen LogP contribution in [0.5, 0.6) is 0 Å². The number of rotatable bonds is 3. The molecule has 1 rings (SSSR count). The van der Waals surface area contributed by atoms with Gasteiger partial charge in [0.1, 0.15) is 0 Å². The summed E-state index contributed by atoms with van der Waals surface area (Å²) in [5, 5.41) is 6.13. The molecule has 13 heavy (non-hydrogen) atoms. The minimum atomic E-state index is -0.271. The molecule has 5 heteroatoms. The summed E-state index contributed by atoms with van der Waals surface area (Å²) in [4.78, 5) is 11.3. The van der Waals surface area contributed by atoms with E-state index in [9.17, 15) is 4.79 Å². The Morgan fingerprint density at radius 2 is 2.54 bits per heavy atom. The van der Waals surface area contributed by atoms with Crippen LogP contribution < -0.4 is 11.1 Å². The van der Waals surface area contributed by atoms with Gasteiger partial charge < -0.3 is 15.6 Å². The molecule has 0 saturated carbocycles. The third kappa shape index (κ3) is 2.55. The van der Waals surface area contributed by atoms with Crippen LogP contribution in [0.4, 0.5) is 0 Å². The quantitative estimate of drug-likeness (QED) is 0.694. The summed E-state index contributed by atoms with van der Waals surface area (Å²) < 4.78 is 4.76. The summed E-state index contributed by atoms with van der Waals surface area (Å²) in [6, 6.07) is -0.0628. The van der Waals surface area contributed by atoms with Crippen LogP contribution in [0.15, 0.2) is 10.7 Å². The lowest BCUT2D eigenvalue weighted by Crippen LogP contribution is -2.35. The van der Waals surface area contributed by atoms with E-state index in [1.165, 1.54) is 6.20 Å². The summed E-state index contributed by atoms with van der Waals surface area (Å²) in [6.45, 7) is 4.00. The van der Waals surface area contributed by atoms with Crippen molar-refractivity contribution >= 4 is 5.91 Å². The molecule has 1 aromatic heterocycles. The van der Waals surface area contributed by atoms with E-state index < -0.39 is 0 Å². The number of nitrogens with one attached hydrogen (secondary N) is 1. The summed E-state index contributed by atoms with van der Waals surface area (Å²) in [7, 11) is 0. The van der Waals surface area contributed by atoms with Crippen LogP contribution in [0.1, 0.15) is 23.0 Å². The van der Waals surface area contributed by atoms with E-state index in [0.717, 1.165) is 5.56 Å². The molecule has 0 aliphatic heterocycles. The minimum Gasteiger partial charge on any atom is -0.351 e. The highest BCUT2D eigenvalue weighted by atomic mass is 16.5. The van der Waals surface area contributed by atoms with Crippen LogP contribution in [0, 0.1) is 6.92 Å². The molecule has 0 aliphatic rings.